The molecule has 0 unspecified atom stereocenters. The normalized spacial score (nSPS) is 14.7. The van der Waals surface area contributed by atoms with Crippen molar-refractivity contribution in [1.29, 1.82) is 0 Å². The van der Waals surface area contributed by atoms with Crippen molar-refractivity contribution in [2.24, 2.45) is 17.2 Å². The van der Waals surface area contributed by atoms with Crippen molar-refractivity contribution < 1.29 is 9.59 Å². The summed E-state index contributed by atoms with van der Waals surface area (Å²) in [6.07, 6.45) is 5.16. The van der Waals surface area contributed by atoms with Crippen LogP contribution in [0.4, 0.5) is 11.6 Å². The van der Waals surface area contributed by atoms with Crippen LogP contribution in [0.1, 0.15) is 30.3 Å². The summed E-state index contributed by atoms with van der Waals surface area (Å²) in [6, 6.07) is 0. The fourth-order valence-corrected chi connectivity index (χ4v) is 2.02. The highest BCUT2D eigenvalue weighted by atomic mass is 32.1. The number of thiocarbonyl (C=S) groups is 1. The van der Waals surface area contributed by atoms with Crippen LogP contribution >= 0.6 is 12.2 Å². The van der Waals surface area contributed by atoms with Crippen LogP contribution in [0.25, 0.3) is 0 Å². The first-order valence-corrected chi connectivity index (χ1v) is 7.50. The van der Waals surface area contributed by atoms with Crippen LogP contribution in [0.2, 0.25) is 0 Å². The standard InChI is InChI=1S/C13H16N6O2S.CH5N/c1-7(14)4-9(22)18-12-10(11(15)21)16-5-8(17-12)19-13(6-20)2-3-13;1-2/h4-6H,2-3,14H2,1H3,(H2,15,21)(H2,17,18,19,22);2H2,1H3/b7-4-;. The van der Waals surface area contributed by atoms with Crippen LogP contribution < -0.4 is 27.8 Å². The number of rotatable bonds is 6. The molecule has 1 aromatic rings. The van der Waals surface area contributed by atoms with Gasteiger partial charge in [-0.2, -0.15) is 0 Å². The Morgan fingerprint density at radius 2 is 2.00 bits per heavy atom. The van der Waals surface area contributed by atoms with E-state index in [4.69, 9.17) is 23.7 Å². The molecule has 1 fully saturated rings. The zero-order chi connectivity index (χ0) is 18.3. The fraction of sp³-hybridized carbons (Fsp3) is 0.357. The lowest BCUT2D eigenvalue weighted by atomic mass is 10.3. The molecule has 0 spiro atoms. The highest BCUT2D eigenvalue weighted by Gasteiger charge is 2.43. The summed E-state index contributed by atoms with van der Waals surface area (Å²) in [4.78, 5) is 30.9. The first-order valence-electron chi connectivity index (χ1n) is 7.09. The molecular formula is C14H21N7O2S. The average molecular weight is 351 g/mol. The third kappa shape index (κ3) is 5.25. The highest BCUT2D eigenvalue weighted by molar-refractivity contribution is 7.81. The molecule has 1 saturated carbocycles. The number of aldehydes is 1. The van der Waals surface area contributed by atoms with Gasteiger partial charge < -0.3 is 32.6 Å². The minimum Gasteiger partial charge on any atom is -0.402 e. The Kier molecular flexibility index (Phi) is 6.74. The third-order valence-electron chi connectivity index (χ3n) is 3.00. The lowest BCUT2D eigenvalue weighted by Crippen LogP contribution is -2.25. The molecule has 2 rings (SSSR count). The van der Waals surface area contributed by atoms with E-state index in [2.05, 4.69) is 26.3 Å². The maximum absolute atomic E-state index is 11.4. The quantitative estimate of drug-likeness (QED) is 0.267. The Morgan fingerprint density at radius 1 is 1.38 bits per heavy atom. The summed E-state index contributed by atoms with van der Waals surface area (Å²) in [7, 11) is 1.50. The molecule has 24 heavy (non-hydrogen) atoms. The number of nitrogens with zero attached hydrogens (tertiary/aromatic N) is 2. The van der Waals surface area contributed by atoms with Crippen molar-refractivity contribution in [3.8, 4) is 0 Å². The Balaban J connectivity index is 0.00000139. The number of hydrogen-bond acceptors (Lipinski definition) is 8. The second-order valence-electron chi connectivity index (χ2n) is 5.09. The minimum absolute atomic E-state index is 0.0491. The van der Waals surface area contributed by atoms with Crippen molar-refractivity contribution in [2.75, 3.05) is 17.7 Å². The molecule has 1 aliphatic rings. The number of carbonyl (C=O) groups is 2. The molecule has 130 valence electrons. The Bertz CT molecular complexity index is 667. The van der Waals surface area contributed by atoms with Gasteiger partial charge in [-0.15, -0.1) is 0 Å². The summed E-state index contributed by atoms with van der Waals surface area (Å²) in [5.74, 6) is -0.274. The molecule has 1 heterocycles. The molecule has 8 N–H and O–H groups in total. The summed E-state index contributed by atoms with van der Waals surface area (Å²) in [6.45, 7) is 1.67. The first-order chi connectivity index (χ1) is 11.3. The summed E-state index contributed by atoms with van der Waals surface area (Å²) in [5, 5.41) is 5.74. The predicted octanol–water partition coefficient (Wildman–Crippen LogP) is -0.104. The van der Waals surface area contributed by atoms with Crippen molar-refractivity contribution in [3.05, 3.63) is 23.7 Å². The molecule has 1 amide bonds. The number of nitrogens with one attached hydrogen (secondary N) is 2. The molecule has 10 heteroatoms. The lowest BCUT2D eigenvalue weighted by Gasteiger charge is -2.13. The van der Waals surface area contributed by atoms with Crippen LogP contribution in [0.3, 0.4) is 0 Å². The Labute approximate surface area is 145 Å². The topological polar surface area (TPSA) is 162 Å². The Morgan fingerprint density at radius 3 is 2.46 bits per heavy atom. The molecule has 1 aliphatic carbocycles. The number of aromatic nitrogens is 2. The zero-order valence-corrected chi connectivity index (χ0v) is 14.3. The molecule has 9 nitrogen and oxygen atoms in total. The number of hydrogen-bond donors (Lipinski definition) is 5. The number of primary amides is 1. The van der Waals surface area contributed by atoms with Crippen molar-refractivity contribution in [1.82, 2.24) is 9.97 Å². The minimum atomic E-state index is -0.741. The van der Waals surface area contributed by atoms with E-state index in [-0.39, 0.29) is 16.5 Å². The van der Waals surface area contributed by atoms with Crippen LogP contribution in [-0.4, -0.2) is 39.7 Å². The van der Waals surface area contributed by atoms with E-state index in [1.54, 1.807) is 6.92 Å². The molecule has 0 radical (unpaired) electrons. The lowest BCUT2D eigenvalue weighted by molar-refractivity contribution is -0.109. The maximum atomic E-state index is 11.4. The van der Waals surface area contributed by atoms with Crippen molar-refractivity contribution in [2.45, 2.75) is 25.3 Å². The number of amides is 1. The third-order valence-corrected chi connectivity index (χ3v) is 3.22. The molecular weight excluding hydrogens is 330 g/mol. The van der Waals surface area contributed by atoms with E-state index in [0.717, 1.165) is 19.1 Å². The monoisotopic (exact) mass is 351 g/mol. The molecule has 1 aromatic heterocycles. The van der Waals surface area contributed by atoms with E-state index in [0.29, 0.717) is 11.5 Å². The highest BCUT2D eigenvalue weighted by Crippen LogP contribution is 2.36. The van der Waals surface area contributed by atoms with Gasteiger partial charge >= 0.3 is 0 Å². The number of nitrogens with two attached hydrogens (primary N) is 3. The van der Waals surface area contributed by atoms with Crippen molar-refractivity contribution in [3.63, 3.8) is 0 Å². The number of allylic oxidation sites excluding steroid dienone is 1. The van der Waals surface area contributed by atoms with Crippen LogP contribution in [0.15, 0.2) is 18.0 Å². The zero-order valence-electron chi connectivity index (χ0n) is 13.5. The van der Waals surface area contributed by atoms with Gasteiger partial charge in [0.25, 0.3) is 5.91 Å². The van der Waals surface area contributed by atoms with Gasteiger partial charge in [0.15, 0.2) is 11.5 Å². The molecule has 0 atom stereocenters. The predicted molar refractivity (Wildman–Crippen MR) is 96.5 cm³/mol. The molecule has 0 aromatic carbocycles. The molecule has 0 saturated heterocycles. The van der Waals surface area contributed by atoms with E-state index in [1.165, 1.54) is 19.3 Å². The fourth-order valence-electron chi connectivity index (χ4n) is 1.74. The first kappa shape index (κ1) is 19.5. The summed E-state index contributed by atoms with van der Waals surface area (Å²) in [5.41, 5.74) is 15.2. The number of carbonyl (C=O) groups excluding carboxylic acids is 2. The summed E-state index contributed by atoms with van der Waals surface area (Å²) >= 11 is 5.08. The van der Waals surface area contributed by atoms with Gasteiger partial charge in [0.1, 0.15) is 17.1 Å². The van der Waals surface area contributed by atoms with Gasteiger partial charge in [-0.1, -0.05) is 12.2 Å². The second kappa shape index (κ2) is 8.31. The average Bonchev–Trinajstić information content (AvgIpc) is 3.28. The van der Waals surface area contributed by atoms with Gasteiger partial charge in [-0.05, 0) is 32.9 Å². The van der Waals surface area contributed by atoms with Crippen LogP contribution in [0.5, 0.6) is 0 Å². The molecule has 0 aliphatic heterocycles. The maximum Gasteiger partial charge on any atom is 0.271 e. The van der Waals surface area contributed by atoms with E-state index in [1.807, 2.05) is 0 Å². The SMILES string of the molecule is C/C(N)=C/C(=S)Nc1nc(NC2(C=O)CC2)cnc1C(N)=O.CN. The van der Waals surface area contributed by atoms with E-state index >= 15 is 0 Å². The van der Waals surface area contributed by atoms with Gasteiger partial charge in [-0.25, -0.2) is 9.97 Å². The van der Waals surface area contributed by atoms with Gasteiger partial charge in [0.2, 0.25) is 0 Å². The van der Waals surface area contributed by atoms with Crippen molar-refractivity contribution >= 4 is 41.0 Å². The van der Waals surface area contributed by atoms with E-state index in [9.17, 15) is 9.59 Å². The molecule has 0 bridgehead atoms. The summed E-state index contributed by atoms with van der Waals surface area (Å²) < 4.78 is 0. The number of anilines is 2. The Hall–Kier alpha value is -2.59. The van der Waals surface area contributed by atoms with E-state index < -0.39 is 11.4 Å². The van der Waals surface area contributed by atoms with Crippen LogP contribution in [0, 0.1) is 0 Å². The van der Waals surface area contributed by atoms with Crippen LogP contribution in [-0.2, 0) is 4.79 Å². The second-order valence-corrected chi connectivity index (χ2v) is 5.53. The smallest absolute Gasteiger partial charge is 0.271 e. The van der Waals surface area contributed by atoms with Gasteiger partial charge in [0, 0.05) is 5.70 Å². The largest absolute Gasteiger partial charge is 0.402 e. The van der Waals surface area contributed by atoms with Gasteiger partial charge in [-0.3, -0.25) is 4.79 Å². The van der Waals surface area contributed by atoms with Gasteiger partial charge in [0.05, 0.1) is 11.7 Å².